The summed E-state index contributed by atoms with van der Waals surface area (Å²) < 4.78 is 31.7. The Bertz CT molecular complexity index is 858. The molecule has 33 heavy (non-hydrogen) atoms. The quantitative estimate of drug-likeness (QED) is 0.731. The number of amides is 2. The van der Waals surface area contributed by atoms with Crippen molar-refractivity contribution in [3.63, 3.8) is 0 Å². The van der Waals surface area contributed by atoms with E-state index in [-0.39, 0.29) is 23.8 Å². The zero-order valence-electron chi connectivity index (χ0n) is 19.5. The van der Waals surface area contributed by atoms with E-state index in [1.165, 1.54) is 16.7 Å². The summed E-state index contributed by atoms with van der Waals surface area (Å²) >= 11 is 0. The maximum absolute atomic E-state index is 12.9. The number of carboxylic acids is 1. The Labute approximate surface area is 192 Å². The SMILES string of the molecule is Cc1cc(C)cc(CN2CCC3(CC2)CCN(CC(=O)N(C)C)C3=O)c1.O=C(O)C(F)(F)F. The highest BCUT2D eigenvalue weighted by Gasteiger charge is 2.48. The number of carboxylic acid groups (broad SMARTS) is 1. The van der Waals surface area contributed by atoms with E-state index in [2.05, 4.69) is 36.9 Å². The van der Waals surface area contributed by atoms with E-state index < -0.39 is 12.1 Å². The van der Waals surface area contributed by atoms with E-state index in [1.54, 1.807) is 23.9 Å². The van der Waals surface area contributed by atoms with Crippen molar-refractivity contribution in [1.29, 1.82) is 0 Å². The highest BCUT2D eigenvalue weighted by molar-refractivity contribution is 5.89. The van der Waals surface area contributed by atoms with Gasteiger partial charge in [-0.2, -0.15) is 13.2 Å². The van der Waals surface area contributed by atoms with Gasteiger partial charge in [0.15, 0.2) is 0 Å². The van der Waals surface area contributed by atoms with Gasteiger partial charge in [-0.15, -0.1) is 0 Å². The molecular formula is C23H32F3N3O4. The molecule has 10 heteroatoms. The van der Waals surface area contributed by atoms with Gasteiger partial charge >= 0.3 is 12.1 Å². The molecule has 0 unspecified atom stereocenters. The Morgan fingerprint density at radius 1 is 1.03 bits per heavy atom. The van der Waals surface area contributed by atoms with Gasteiger partial charge in [-0.3, -0.25) is 14.5 Å². The number of aliphatic carboxylic acids is 1. The molecule has 0 atom stereocenters. The highest BCUT2D eigenvalue weighted by Crippen LogP contribution is 2.41. The third-order valence-corrected chi connectivity index (χ3v) is 6.17. The number of likely N-dealkylation sites (tertiary alicyclic amines) is 2. The number of rotatable bonds is 4. The van der Waals surface area contributed by atoms with Crippen molar-refractivity contribution in [2.75, 3.05) is 40.3 Å². The summed E-state index contributed by atoms with van der Waals surface area (Å²) in [6.07, 6.45) is -2.38. The molecule has 2 fully saturated rings. The third kappa shape index (κ3) is 7.18. The second kappa shape index (κ2) is 10.5. The van der Waals surface area contributed by atoms with Crippen molar-refractivity contribution >= 4 is 17.8 Å². The molecule has 2 heterocycles. The lowest BCUT2D eigenvalue weighted by molar-refractivity contribution is -0.192. The Morgan fingerprint density at radius 3 is 1.97 bits per heavy atom. The molecule has 3 rings (SSSR count). The van der Waals surface area contributed by atoms with E-state index >= 15 is 0 Å². The van der Waals surface area contributed by atoms with Gasteiger partial charge in [-0.1, -0.05) is 29.3 Å². The molecule has 0 aliphatic carbocycles. The number of halogens is 3. The fourth-order valence-corrected chi connectivity index (χ4v) is 4.37. The average Bonchev–Trinajstić information content (AvgIpc) is 2.98. The van der Waals surface area contributed by atoms with Gasteiger partial charge in [0.1, 0.15) is 0 Å². The van der Waals surface area contributed by atoms with Crippen molar-refractivity contribution in [2.24, 2.45) is 5.41 Å². The minimum Gasteiger partial charge on any atom is -0.475 e. The minimum absolute atomic E-state index is 0.00246. The van der Waals surface area contributed by atoms with Gasteiger partial charge in [-0.05, 0) is 51.8 Å². The molecule has 2 saturated heterocycles. The number of piperidine rings is 1. The molecule has 0 saturated carbocycles. The summed E-state index contributed by atoms with van der Waals surface area (Å²) in [6.45, 7) is 8.08. The molecule has 2 aliphatic heterocycles. The first-order chi connectivity index (χ1) is 15.2. The molecule has 1 aromatic carbocycles. The van der Waals surface area contributed by atoms with Gasteiger partial charge in [0.2, 0.25) is 11.8 Å². The second-order valence-corrected chi connectivity index (χ2v) is 9.12. The topological polar surface area (TPSA) is 81.2 Å². The number of likely N-dealkylation sites (N-methyl/N-ethyl adjacent to an activating group) is 1. The normalized spacial score (nSPS) is 18.2. The fourth-order valence-electron chi connectivity index (χ4n) is 4.37. The van der Waals surface area contributed by atoms with Crippen LogP contribution in [-0.4, -0.2) is 84.0 Å². The number of alkyl halides is 3. The molecule has 7 nitrogen and oxygen atoms in total. The van der Waals surface area contributed by atoms with E-state index in [0.29, 0.717) is 0 Å². The maximum Gasteiger partial charge on any atom is 0.490 e. The van der Waals surface area contributed by atoms with E-state index in [9.17, 15) is 22.8 Å². The van der Waals surface area contributed by atoms with Gasteiger partial charge in [0.25, 0.3) is 0 Å². The number of carbonyl (C=O) groups excluding carboxylic acids is 2. The van der Waals surface area contributed by atoms with Crippen LogP contribution in [0.4, 0.5) is 13.2 Å². The predicted molar refractivity (Wildman–Crippen MR) is 116 cm³/mol. The smallest absolute Gasteiger partial charge is 0.475 e. The minimum atomic E-state index is -5.08. The zero-order chi connectivity index (χ0) is 25.0. The van der Waals surface area contributed by atoms with Crippen LogP contribution in [0.1, 0.15) is 36.0 Å². The molecule has 2 aliphatic rings. The molecule has 2 amide bonds. The summed E-state index contributed by atoms with van der Waals surface area (Å²) in [5.41, 5.74) is 3.74. The summed E-state index contributed by atoms with van der Waals surface area (Å²) in [5, 5.41) is 7.12. The lowest BCUT2D eigenvalue weighted by Gasteiger charge is -2.38. The molecule has 1 aromatic rings. The molecule has 184 valence electrons. The Hall–Kier alpha value is -2.62. The first-order valence-corrected chi connectivity index (χ1v) is 10.8. The van der Waals surface area contributed by atoms with Crippen LogP contribution in [0, 0.1) is 19.3 Å². The van der Waals surface area contributed by atoms with Crippen LogP contribution in [-0.2, 0) is 20.9 Å². The van der Waals surface area contributed by atoms with Crippen molar-refractivity contribution in [2.45, 2.75) is 45.8 Å². The molecule has 1 spiro atoms. The molecule has 1 N–H and O–H groups in total. The Kier molecular flexibility index (Phi) is 8.51. The number of nitrogens with zero attached hydrogens (tertiary/aromatic N) is 3. The van der Waals surface area contributed by atoms with Crippen LogP contribution < -0.4 is 0 Å². The first-order valence-electron chi connectivity index (χ1n) is 10.8. The van der Waals surface area contributed by atoms with Crippen LogP contribution in [0.5, 0.6) is 0 Å². The number of carbonyl (C=O) groups is 3. The van der Waals surface area contributed by atoms with Crippen molar-refractivity contribution in [3.05, 3.63) is 34.9 Å². The average molecular weight is 472 g/mol. The number of benzene rings is 1. The number of aryl methyl sites for hydroxylation is 2. The van der Waals surface area contributed by atoms with Gasteiger partial charge in [0, 0.05) is 27.2 Å². The number of hydrogen-bond acceptors (Lipinski definition) is 4. The second-order valence-electron chi connectivity index (χ2n) is 9.12. The molecular weight excluding hydrogens is 439 g/mol. The summed E-state index contributed by atoms with van der Waals surface area (Å²) in [4.78, 5) is 39.6. The first kappa shape index (κ1) is 26.6. The lowest BCUT2D eigenvalue weighted by Crippen LogP contribution is -2.46. The third-order valence-electron chi connectivity index (χ3n) is 6.17. The van der Waals surface area contributed by atoms with E-state index in [1.807, 2.05) is 0 Å². The molecule has 0 radical (unpaired) electrons. The molecule has 0 bridgehead atoms. The van der Waals surface area contributed by atoms with Crippen molar-refractivity contribution in [1.82, 2.24) is 14.7 Å². The summed E-state index contributed by atoms with van der Waals surface area (Å²) in [5.74, 6) is -2.56. The fraction of sp³-hybridized carbons (Fsp3) is 0.609. The van der Waals surface area contributed by atoms with Crippen molar-refractivity contribution < 1.29 is 32.7 Å². The standard InChI is InChI=1S/C21H31N3O2.C2HF3O2/c1-16-11-17(2)13-18(12-16)14-23-8-5-21(6-9-23)7-10-24(20(21)26)15-19(25)22(3)4;3-2(4,5)1(6)7/h11-13H,5-10,14-15H2,1-4H3;(H,6,7). The highest BCUT2D eigenvalue weighted by atomic mass is 19.4. The van der Waals surface area contributed by atoms with Crippen LogP contribution in [0.15, 0.2) is 18.2 Å². The maximum atomic E-state index is 12.9. The van der Waals surface area contributed by atoms with E-state index in [0.717, 1.165) is 45.4 Å². The van der Waals surface area contributed by atoms with Gasteiger partial charge in [0.05, 0.1) is 12.0 Å². The number of hydrogen-bond donors (Lipinski definition) is 1. The monoisotopic (exact) mass is 471 g/mol. The summed E-state index contributed by atoms with van der Waals surface area (Å²) in [7, 11) is 3.48. The van der Waals surface area contributed by atoms with Gasteiger partial charge < -0.3 is 14.9 Å². The van der Waals surface area contributed by atoms with Crippen LogP contribution in [0.3, 0.4) is 0 Å². The lowest BCUT2D eigenvalue weighted by atomic mass is 9.77. The van der Waals surface area contributed by atoms with Crippen molar-refractivity contribution in [3.8, 4) is 0 Å². The van der Waals surface area contributed by atoms with Crippen LogP contribution in [0.25, 0.3) is 0 Å². The summed E-state index contributed by atoms with van der Waals surface area (Å²) in [6, 6.07) is 6.72. The Morgan fingerprint density at radius 2 is 1.52 bits per heavy atom. The largest absolute Gasteiger partial charge is 0.490 e. The Balaban J connectivity index is 0.000000479. The zero-order valence-corrected chi connectivity index (χ0v) is 19.5. The van der Waals surface area contributed by atoms with Gasteiger partial charge in [-0.25, -0.2) is 4.79 Å². The van der Waals surface area contributed by atoms with Crippen LogP contribution in [0.2, 0.25) is 0 Å². The van der Waals surface area contributed by atoms with Crippen LogP contribution >= 0.6 is 0 Å². The van der Waals surface area contributed by atoms with E-state index in [4.69, 9.17) is 9.90 Å². The molecule has 0 aromatic heterocycles. The predicted octanol–water partition coefficient (Wildman–Crippen LogP) is 2.84.